The van der Waals surface area contributed by atoms with Crippen molar-refractivity contribution in [2.45, 2.75) is 6.61 Å². The van der Waals surface area contributed by atoms with Gasteiger partial charge >= 0.3 is 5.97 Å². The van der Waals surface area contributed by atoms with Crippen molar-refractivity contribution in [2.75, 3.05) is 0 Å². The lowest BCUT2D eigenvalue weighted by atomic mass is 10.2. The molecule has 110 valence electrons. The number of ether oxygens (including phenoxy) is 1. The van der Waals surface area contributed by atoms with Crippen LogP contribution in [0.5, 0.6) is 5.75 Å². The summed E-state index contributed by atoms with van der Waals surface area (Å²) < 4.78 is 20.2. The van der Waals surface area contributed by atoms with E-state index in [1.165, 1.54) is 23.0 Å². The van der Waals surface area contributed by atoms with Gasteiger partial charge in [-0.25, -0.2) is 9.18 Å². The summed E-state index contributed by atoms with van der Waals surface area (Å²) in [5, 5.41) is 12.8. The van der Waals surface area contributed by atoms with Gasteiger partial charge in [0.2, 0.25) is 0 Å². The van der Waals surface area contributed by atoms with Crippen molar-refractivity contribution in [2.24, 2.45) is 12.8 Å². The highest BCUT2D eigenvalue weighted by Gasteiger charge is 2.16. The number of hydrogen-bond donors (Lipinski definition) is 2. The number of aromatic carboxylic acids is 1. The van der Waals surface area contributed by atoms with Gasteiger partial charge in [0.05, 0.1) is 17.5 Å². The fourth-order valence-electron chi connectivity index (χ4n) is 1.75. The molecule has 0 atom stereocenters. The molecule has 21 heavy (non-hydrogen) atoms. The summed E-state index contributed by atoms with van der Waals surface area (Å²) in [5.74, 6) is -2.66. The molecule has 1 heterocycles. The molecule has 0 unspecified atom stereocenters. The second-order valence-electron chi connectivity index (χ2n) is 4.23. The smallest absolute Gasteiger partial charge is 0.339 e. The maximum absolute atomic E-state index is 13.6. The predicted molar refractivity (Wildman–Crippen MR) is 69.4 cm³/mol. The number of carboxylic acid groups (broad SMARTS) is 1. The Morgan fingerprint density at radius 2 is 2.14 bits per heavy atom. The number of hydrogen-bond acceptors (Lipinski definition) is 4. The topological polar surface area (TPSA) is 107 Å². The molecule has 0 bridgehead atoms. The fourth-order valence-corrected chi connectivity index (χ4v) is 1.75. The minimum absolute atomic E-state index is 0.00623. The van der Waals surface area contributed by atoms with Crippen LogP contribution in [0.4, 0.5) is 4.39 Å². The number of rotatable bonds is 5. The van der Waals surface area contributed by atoms with Crippen LogP contribution in [0, 0.1) is 5.82 Å². The summed E-state index contributed by atoms with van der Waals surface area (Å²) in [6.07, 6.45) is 1.21. The Hall–Kier alpha value is -2.90. The van der Waals surface area contributed by atoms with Crippen molar-refractivity contribution in [1.29, 1.82) is 0 Å². The van der Waals surface area contributed by atoms with Gasteiger partial charge in [-0.05, 0) is 12.1 Å². The highest BCUT2D eigenvalue weighted by molar-refractivity contribution is 5.93. The number of halogens is 1. The first-order chi connectivity index (χ1) is 9.90. The van der Waals surface area contributed by atoms with Crippen LogP contribution in [0.2, 0.25) is 0 Å². The molecule has 0 saturated heterocycles. The molecule has 0 aliphatic heterocycles. The van der Waals surface area contributed by atoms with E-state index in [4.69, 9.17) is 15.6 Å². The number of aryl methyl sites for hydroxylation is 1. The van der Waals surface area contributed by atoms with Crippen LogP contribution in [0.15, 0.2) is 24.4 Å². The lowest BCUT2D eigenvalue weighted by molar-refractivity contribution is 0.0693. The molecule has 0 aliphatic carbocycles. The lowest BCUT2D eigenvalue weighted by Gasteiger charge is -2.08. The summed E-state index contributed by atoms with van der Waals surface area (Å²) >= 11 is 0. The van der Waals surface area contributed by atoms with Gasteiger partial charge in [-0.15, -0.1) is 0 Å². The molecule has 1 amide bonds. The zero-order valence-electron chi connectivity index (χ0n) is 11.0. The van der Waals surface area contributed by atoms with Gasteiger partial charge in [0.15, 0.2) is 0 Å². The SMILES string of the molecule is Cn1ncc(C(=O)O)c1COc1ccc(C(N)=O)c(F)c1. The number of benzene rings is 1. The van der Waals surface area contributed by atoms with Crippen molar-refractivity contribution in [3.63, 3.8) is 0 Å². The van der Waals surface area contributed by atoms with E-state index in [9.17, 15) is 14.0 Å². The first kappa shape index (κ1) is 14.5. The average Bonchev–Trinajstić information content (AvgIpc) is 2.77. The van der Waals surface area contributed by atoms with Crippen molar-refractivity contribution in [1.82, 2.24) is 9.78 Å². The van der Waals surface area contributed by atoms with Crippen molar-refractivity contribution >= 4 is 11.9 Å². The Labute approximate surface area is 118 Å². The van der Waals surface area contributed by atoms with Crippen LogP contribution in [-0.4, -0.2) is 26.8 Å². The fraction of sp³-hybridized carbons (Fsp3) is 0.154. The van der Waals surface area contributed by atoms with Gasteiger partial charge in [0.25, 0.3) is 5.91 Å². The number of carbonyl (C=O) groups excluding carboxylic acids is 1. The standard InChI is InChI=1S/C13H12FN3O4/c1-17-11(9(5-16-17)13(19)20)6-21-7-2-3-8(12(15)18)10(14)4-7/h2-5H,6H2,1H3,(H2,15,18)(H,19,20). The molecule has 0 saturated carbocycles. The minimum Gasteiger partial charge on any atom is -0.487 e. The Morgan fingerprint density at radius 1 is 1.43 bits per heavy atom. The van der Waals surface area contributed by atoms with Gasteiger partial charge < -0.3 is 15.6 Å². The zero-order chi connectivity index (χ0) is 15.6. The molecule has 1 aromatic heterocycles. The zero-order valence-corrected chi connectivity index (χ0v) is 11.0. The molecule has 0 radical (unpaired) electrons. The molecule has 1 aromatic carbocycles. The Bertz CT molecular complexity index is 711. The molecule has 2 rings (SSSR count). The number of amides is 1. The quantitative estimate of drug-likeness (QED) is 0.852. The van der Waals surface area contributed by atoms with Crippen LogP contribution >= 0.6 is 0 Å². The molecule has 0 spiro atoms. The third-order valence-corrected chi connectivity index (χ3v) is 2.87. The first-order valence-electron chi connectivity index (χ1n) is 5.86. The van der Waals surface area contributed by atoms with E-state index < -0.39 is 17.7 Å². The largest absolute Gasteiger partial charge is 0.487 e. The maximum Gasteiger partial charge on any atom is 0.339 e. The lowest BCUT2D eigenvalue weighted by Crippen LogP contribution is -2.13. The van der Waals surface area contributed by atoms with Gasteiger partial charge in [-0.2, -0.15) is 5.10 Å². The van der Waals surface area contributed by atoms with Crippen molar-refractivity contribution in [3.8, 4) is 5.75 Å². The van der Waals surface area contributed by atoms with Gasteiger partial charge in [0, 0.05) is 13.1 Å². The number of nitrogens with zero attached hydrogens (tertiary/aromatic N) is 2. The van der Waals surface area contributed by atoms with Crippen LogP contribution in [-0.2, 0) is 13.7 Å². The van der Waals surface area contributed by atoms with E-state index in [1.54, 1.807) is 7.05 Å². The molecule has 3 N–H and O–H groups in total. The molecule has 8 heteroatoms. The third kappa shape index (κ3) is 2.99. The Morgan fingerprint density at radius 3 is 2.71 bits per heavy atom. The number of aromatic nitrogens is 2. The second-order valence-corrected chi connectivity index (χ2v) is 4.23. The molecule has 0 aliphatic rings. The van der Waals surface area contributed by atoms with Gasteiger partial charge in [0.1, 0.15) is 23.7 Å². The Balaban J connectivity index is 2.17. The van der Waals surface area contributed by atoms with Gasteiger partial charge in [-0.1, -0.05) is 0 Å². The number of nitrogens with two attached hydrogens (primary N) is 1. The number of primary amides is 1. The van der Waals surface area contributed by atoms with E-state index in [0.29, 0.717) is 5.69 Å². The molecule has 7 nitrogen and oxygen atoms in total. The minimum atomic E-state index is -1.13. The first-order valence-corrected chi connectivity index (χ1v) is 5.86. The number of carboxylic acids is 1. The molecular formula is C13H12FN3O4. The van der Waals surface area contributed by atoms with E-state index >= 15 is 0 Å². The molecular weight excluding hydrogens is 281 g/mol. The highest BCUT2D eigenvalue weighted by atomic mass is 19.1. The highest BCUT2D eigenvalue weighted by Crippen LogP contribution is 2.18. The van der Waals surface area contributed by atoms with Crippen LogP contribution in [0.25, 0.3) is 0 Å². The van der Waals surface area contributed by atoms with Crippen LogP contribution < -0.4 is 10.5 Å². The average molecular weight is 293 g/mol. The van der Waals surface area contributed by atoms with E-state index in [-0.39, 0.29) is 23.5 Å². The summed E-state index contributed by atoms with van der Waals surface area (Å²) in [7, 11) is 1.57. The molecule has 0 fully saturated rings. The second kappa shape index (κ2) is 5.61. The Kier molecular flexibility index (Phi) is 3.88. The summed E-state index contributed by atoms with van der Waals surface area (Å²) in [5.41, 5.74) is 5.09. The van der Waals surface area contributed by atoms with Crippen LogP contribution in [0.3, 0.4) is 0 Å². The maximum atomic E-state index is 13.6. The van der Waals surface area contributed by atoms with Crippen molar-refractivity contribution in [3.05, 3.63) is 47.0 Å². The predicted octanol–water partition coefficient (Wildman–Crippen LogP) is 0.935. The number of carbonyl (C=O) groups is 2. The summed E-state index contributed by atoms with van der Waals surface area (Å²) in [4.78, 5) is 21.9. The third-order valence-electron chi connectivity index (χ3n) is 2.87. The summed E-state index contributed by atoms with van der Waals surface area (Å²) in [6, 6.07) is 3.59. The summed E-state index contributed by atoms with van der Waals surface area (Å²) in [6.45, 7) is -0.104. The van der Waals surface area contributed by atoms with E-state index in [2.05, 4.69) is 5.10 Å². The van der Waals surface area contributed by atoms with Crippen molar-refractivity contribution < 1.29 is 23.8 Å². The van der Waals surface area contributed by atoms with E-state index in [0.717, 1.165) is 6.07 Å². The van der Waals surface area contributed by atoms with Crippen LogP contribution in [0.1, 0.15) is 26.4 Å². The van der Waals surface area contributed by atoms with Gasteiger partial charge in [-0.3, -0.25) is 9.48 Å². The monoisotopic (exact) mass is 293 g/mol. The molecule has 2 aromatic rings. The van der Waals surface area contributed by atoms with E-state index in [1.807, 2.05) is 0 Å². The normalized spacial score (nSPS) is 10.4.